The molecular formula is C21H34N4O2. The first-order valence-electron chi connectivity index (χ1n) is 10.7. The standard InChI is InChI=1S/C21H34N4O2/c1-18-22-9-14-24(18)11-3-10-23-12-7-21(8-13-23)6-5-20(26)25(17-21)16-19-4-2-15-27-19/h9,14,19H,2-8,10-13,15-17H2,1H3/t19-/m0/s1. The van der Waals surface area contributed by atoms with Crippen LogP contribution >= 0.6 is 0 Å². The van der Waals surface area contributed by atoms with Crippen molar-refractivity contribution in [2.24, 2.45) is 5.41 Å². The highest BCUT2D eigenvalue weighted by molar-refractivity contribution is 5.77. The zero-order chi connectivity index (χ0) is 18.7. The molecule has 3 saturated heterocycles. The van der Waals surface area contributed by atoms with E-state index < -0.39 is 0 Å². The molecule has 150 valence electrons. The normalized spacial score (nSPS) is 26.2. The molecule has 0 saturated carbocycles. The van der Waals surface area contributed by atoms with Gasteiger partial charge in [0.25, 0.3) is 0 Å². The number of aryl methyl sites for hydroxylation is 2. The minimum absolute atomic E-state index is 0.274. The van der Waals surface area contributed by atoms with Gasteiger partial charge in [-0.15, -0.1) is 0 Å². The van der Waals surface area contributed by atoms with Crippen molar-refractivity contribution < 1.29 is 9.53 Å². The second-order valence-electron chi connectivity index (χ2n) is 8.77. The van der Waals surface area contributed by atoms with E-state index in [9.17, 15) is 4.79 Å². The summed E-state index contributed by atoms with van der Waals surface area (Å²) in [7, 11) is 0. The van der Waals surface area contributed by atoms with Crippen LogP contribution in [0.3, 0.4) is 0 Å². The fourth-order valence-electron chi connectivity index (χ4n) is 5.07. The summed E-state index contributed by atoms with van der Waals surface area (Å²) in [6, 6.07) is 0. The zero-order valence-corrected chi connectivity index (χ0v) is 16.7. The number of carbonyl (C=O) groups is 1. The van der Waals surface area contributed by atoms with Gasteiger partial charge in [0.2, 0.25) is 5.91 Å². The molecule has 6 heteroatoms. The molecular weight excluding hydrogens is 340 g/mol. The van der Waals surface area contributed by atoms with Gasteiger partial charge in [-0.1, -0.05) is 0 Å². The minimum Gasteiger partial charge on any atom is -0.376 e. The summed E-state index contributed by atoms with van der Waals surface area (Å²) in [4.78, 5) is 21.4. The van der Waals surface area contributed by atoms with Crippen LogP contribution in [0.2, 0.25) is 0 Å². The fourth-order valence-corrected chi connectivity index (χ4v) is 5.07. The number of imidazole rings is 1. The van der Waals surface area contributed by atoms with E-state index in [1.807, 2.05) is 6.20 Å². The van der Waals surface area contributed by atoms with Crippen LogP contribution in [0.25, 0.3) is 0 Å². The van der Waals surface area contributed by atoms with Gasteiger partial charge in [-0.25, -0.2) is 4.98 Å². The summed E-state index contributed by atoms with van der Waals surface area (Å²) in [5.74, 6) is 1.44. The lowest BCUT2D eigenvalue weighted by atomic mass is 9.72. The lowest BCUT2D eigenvalue weighted by Gasteiger charge is -2.48. The van der Waals surface area contributed by atoms with E-state index in [1.165, 1.54) is 32.4 Å². The number of hydrogen-bond donors (Lipinski definition) is 0. The second-order valence-corrected chi connectivity index (χ2v) is 8.77. The highest BCUT2D eigenvalue weighted by atomic mass is 16.5. The predicted octanol–water partition coefficient (Wildman–Crippen LogP) is 2.47. The Labute approximate surface area is 162 Å². The number of aromatic nitrogens is 2. The highest BCUT2D eigenvalue weighted by Gasteiger charge is 2.41. The van der Waals surface area contributed by atoms with Gasteiger partial charge in [-0.3, -0.25) is 4.79 Å². The first-order chi connectivity index (χ1) is 13.1. The molecule has 1 aromatic rings. The Kier molecular flexibility index (Phi) is 5.83. The van der Waals surface area contributed by atoms with Gasteiger partial charge in [0.05, 0.1) is 6.10 Å². The first kappa shape index (κ1) is 18.9. The van der Waals surface area contributed by atoms with Crippen molar-refractivity contribution in [1.82, 2.24) is 19.4 Å². The molecule has 1 amide bonds. The van der Waals surface area contributed by atoms with Crippen LogP contribution < -0.4 is 0 Å². The molecule has 0 radical (unpaired) electrons. The largest absolute Gasteiger partial charge is 0.376 e. The van der Waals surface area contributed by atoms with E-state index in [4.69, 9.17) is 4.74 Å². The molecule has 4 rings (SSSR count). The molecule has 4 heterocycles. The van der Waals surface area contributed by atoms with Gasteiger partial charge in [0.1, 0.15) is 5.82 Å². The summed E-state index contributed by atoms with van der Waals surface area (Å²) in [6.07, 6.45) is 11.9. The molecule has 3 fully saturated rings. The van der Waals surface area contributed by atoms with Crippen LogP contribution in [0.15, 0.2) is 12.4 Å². The van der Waals surface area contributed by atoms with Gasteiger partial charge >= 0.3 is 0 Å². The number of rotatable bonds is 6. The lowest BCUT2D eigenvalue weighted by molar-refractivity contribution is -0.141. The quantitative estimate of drug-likeness (QED) is 0.768. The smallest absolute Gasteiger partial charge is 0.222 e. The molecule has 6 nitrogen and oxygen atoms in total. The van der Waals surface area contributed by atoms with Crippen LogP contribution in [0.4, 0.5) is 0 Å². The summed E-state index contributed by atoms with van der Waals surface area (Å²) >= 11 is 0. The molecule has 0 aromatic carbocycles. The number of amides is 1. The van der Waals surface area contributed by atoms with E-state index in [2.05, 4.69) is 32.5 Å². The predicted molar refractivity (Wildman–Crippen MR) is 104 cm³/mol. The van der Waals surface area contributed by atoms with Gasteiger partial charge < -0.3 is 19.1 Å². The van der Waals surface area contributed by atoms with Crippen LogP contribution in [-0.2, 0) is 16.1 Å². The number of hydrogen-bond acceptors (Lipinski definition) is 4. The number of piperidine rings is 2. The van der Waals surface area contributed by atoms with Gasteiger partial charge in [0, 0.05) is 45.1 Å². The first-order valence-corrected chi connectivity index (χ1v) is 10.7. The summed E-state index contributed by atoms with van der Waals surface area (Å²) in [5, 5.41) is 0. The third kappa shape index (κ3) is 4.54. The molecule has 0 N–H and O–H groups in total. The van der Waals surface area contributed by atoms with Crippen LogP contribution in [0.5, 0.6) is 0 Å². The number of nitrogens with zero attached hydrogens (tertiary/aromatic N) is 4. The van der Waals surface area contributed by atoms with Crippen molar-refractivity contribution in [1.29, 1.82) is 0 Å². The van der Waals surface area contributed by atoms with Crippen molar-refractivity contribution in [2.45, 2.75) is 64.5 Å². The second kappa shape index (κ2) is 8.31. The Morgan fingerprint density at radius 2 is 2.11 bits per heavy atom. The third-order valence-electron chi connectivity index (χ3n) is 6.91. The molecule has 3 aliphatic heterocycles. The summed E-state index contributed by atoms with van der Waals surface area (Å²) in [6.45, 7) is 9.25. The monoisotopic (exact) mass is 374 g/mol. The number of carbonyl (C=O) groups excluding carboxylic acids is 1. The molecule has 27 heavy (non-hydrogen) atoms. The van der Waals surface area contributed by atoms with Crippen molar-refractivity contribution in [3.05, 3.63) is 18.2 Å². The Hall–Kier alpha value is -1.40. The number of likely N-dealkylation sites (tertiary alicyclic amines) is 2. The highest BCUT2D eigenvalue weighted by Crippen LogP contribution is 2.40. The summed E-state index contributed by atoms with van der Waals surface area (Å²) < 4.78 is 8.01. The average molecular weight is 375 g/mol. The molecule has 0 unspecified atom stereocenters. The Morgan fingerprint density at radius 1 is 1.26 bits per heavy atom. The SMILES string of the molecule is Cc1nccn1CCCN1CCC2(CCC(=O)N(C[C@@H]3CCCO3)C2)CC1. The van der Waals surface area contributed by atoms with Crippen LogP contribution in [0.1, 0.15) is 50.8 Å². The van der Waals surface area contributed by atoms with Gasteiger partial charge in [-0.2, -0.15) is 0 Å². The van der Waals surface area contributed by atoms with Crippen molar-refractivity contribution in [2.75, 3.05) is 39.3 Å². The van der Waals surface area contributed by atoms with Crippen molar-refractivity contribution in [3.8, 4) is 0 Å². The maximum absolute atomic E-state index is 12.4. The van der Waals surface area contributed by atoms with Crippen LogP contribution in [-0.4, -0.2) is 70.7 Å². The third-order valence-corrected chi connectivity index (χ3v) is 6.91. The Balaban J connectivity index is 1.23. The van der Waals surface area contributed by atoms with E-state index in [1.54, 1.807) is 0 Å². The van der Waals surface area contributed by atoms with E-state index >= 15 is 0 Å². The van der Waals surface area contributed by atoms with E-state index in [0.29, 0.717) is 11.3 Å². The van der Waals surface area contributed by atoms with Crippen LogP contribution in [0, 0.1) is 12.3 Å². The molecule has 1 spiro atoms. The lowest BCUT2D eigenvalue weighted by Crippen LogP contribution is -2.53. The molecule has 1 aromatic heterocycles. The Morgan fingerprint density at radius 3 is 2.81 bits per heavy atom. The zero-order valence-electron chi connectivity index (χ0n) is 16.7. The maximum Gasteiger partial charge on any atom is 0.222 e. The van der Waals surface area contributed by atoms with Gasteiger partial charge in [0.15, 0.2) is 0 Å². The number of ether oxygens (including phenoxy) is 1. The average Bonchev–Trinajstić information content (AvgIpc) is 3.32. The van der Waals surface area contributed by atoms with Crippen molar-refractivity contribution >= 4 is 5.91 Å². The molecule has 0 aliphatic carbocycles. The Bertz CT molecular complexity index is 630. The van der Waals surface area contributed by atoms with Gasteiger partial charge in [-0.05, 0) is 70.5 Å². The topological polar surface area (TPSA) is 50.6 Å². The fraction of sp³-hybridized carbons (Fsp3) is 0.810. The van der Waals surface area contributed by atoms with E-state index in [-0.39, 0.29) is 6.10 Å². The maximum atomic E-state index is 12.4. The molecule has 1 atom stereocenters. The van der Waals surface area contributed by atoms with Crippen molar-refractivity contribution in [3.63, 3.8) is 0 Å². The minimum atomic E-state index is 0.274. The summed E-state index contributed by atoms with van der Waals surface area (Å²) in [5.41, 5.74) is 0.351. The molecule has 0 bridgehead atoms. The van der Waals surface area contributed by atoms with E-state index in [0.717, 1.165) is 64.3 Å². The molecule has 3 aliphatic rings.